The van der Waals surface area contributed by atoms with Gasteiger partial charge in [-0.2, -0.15) is 0 Å². The minimum Gasteiger partial charge on any atom is -0.369 e. The van der Waals surface area contributed by atoms with Crippen molar-refractivity contribution in [2.45, 2.75) is 33.3 Å². The van der Waals surface area contributed by atoms with Crippen molar-refractivity contribution >= 4 is 11.8 Å². The van der Waals surface area contributed by atoms with Crippen LogP contribution in [0.1, 0.15) is 27.2 Å². The van der Waals surface area contributed by atoms with Crippen LogP contribution in [0.2, 0.25) is 0 Å². The second-order valence-electron chi connectivity index (χ2n) is 3.85. The van der Waals surface area contributed by atoms with Gasteiger partial charge in [0.25, 0.3) is 0 Å². The van der Waals surface area contributed by atoms with Gasteiger partial charge < -0.3 is 15.0 Å². The first-order valence-electron chi connectivity index (χ1n) is 5.61. The Labute approximate surface area is 97.1 Å². The largest absolute Gasteiger partial charge is 0.369 e. The minimum absolute atomic E-state index is 0.0208. The van der Waals surface area contributed by atoms with Crippen LogP contribution in [0.3, 0.4) is 0 Å². The van der Waals surface area contributed by atoms with Crippen LogP contribution in [0.15, 0.2) is 0 Å². The number of hydrogen-bond acceptors (Lipinski definition) is 3. The lowest BCUT2D eigenvalue weighted by atomic mass is 10.3. The maximum Gasteiger partial charge on any atom is 0.249 e. The van der Waals surface area contributed by atoms with Gasteiger partial charge in [-0.25, -0.2) is 0 Å². The molecule has 0 bridgehead atoms. The molecule has 1 N–H and O–H groups in total. The molecule has 5 heteroatoms. The predicted molar refractivity (Wildman–Crippen MR) is 62.0 cm³/mol. The average molecular weight is 230 g/mol. The smallest absolute Gasteiger partial charge is 0.249 e. The highest BCUT2D eigenvalue weighted by atomic mass is 16.5. The van der Waals surface area contributed by atoms with Crippen molar-refractivity contribution in [2.24, 2.45) is 0 Å². The molecule has 2 amide bonds. The maximum absolute atomic E-state index is 11.7. The topological polar surface area (TPSA) is 58.6 Å². The second-order valence-corrected chi connectivity index (χ2v) is 3.85. The molecule has 0 unspecified atom stereocenters. The molecule has 0 saturated carbocycles. The third-order valence-electron chi connectivity index (χ3n) is 2.00. The Bertz CT molecular complexity index is 229. The fourth-order valence-corrected chi connectivity index (χ4v) is 1.14. The number of ether oxygens (including phenoxy) is 1. The first kappa shape index (κ1) is 14.9. The third kappa shape index (κ3) is 6.40. The van der Waals surface area contributed by atoms with Crippen LogP contribution in [-0.4, -0.2) is 49.6 Å². The zero-order valence-corrected chi connectivity index (χ0v) is 10.6. The quantitative estimate of drug-likeness (QED) is 0.688. The highest BCUT2D eigenvalue weighted by molar-refractivity contribution is 5.85. The number of hydrogen-bond donors (Lipinski definition) is 1. The van der Waals surface area contributed by atoms with Gasteiger partial charge in [-0.1, -0.05) is 6.92 Å². The normalized spacial score (nSPS) is 10.3. The zero-order chi connectivity index (χ0) is 12.6. The fraction of sp³-hybridized carbons (Fsp3) is 0.818. The van der Waals surface area contributed by atoms with Crippen molar-refractivity contribution in [1.82, 2.24) is 10.2 Å². The van der Waals surface area contributed by atoms with Crippen LogP contribution in [0.4, 0.5) is 0 Å². The Morgan fingerprint density at radius 1 is 1.38 bits per heavy atom. The lowest BCUT2D eigenvalue weighted by molar-refractivity contribution is -0.141. The average Bonchev–Trinajstić information content (AvgIpc) is 2.24. The van der Waals surface area contributed by atoms with E-state index in [1.54, 1.807) is 7.05 Å². The van der Waals surface area contributed by atoms with Gasteiger partial charge in [0, 0.05) is 13.6 Å². The minimum atomic E-state index is -0.161. The summed E-state index contributed by atoms with van der Waals surface area (Å²) in [5.74, 6) is -0.300. The van der Waals surface area contributed by atoms with Crippen LogP contribution >= 0.6 is 0 Å². The van der Waals surface area contributed by atoms with Gasteiger partial charge in [-0.3, -0.25) is 9.59 Å². The van der Waals surface area contributed by atoms with Crippen LogP contribution in [0.25, 0.3) is 0 Å². The summed E-state index contributed by atoms with van der Waals surface area (Å²) in [6.07, 6.45) is 0.845. The van der Waals surface area contributed by atoms with Gasteiger partial charge in [-0.05, 0) is 20.3 Å². The Morgan fingerprint density at radius 3 is 2.44 bits per heavy atom. The predicted octanol–water partition coefficient (Wildman–Crippen LogP) is 0.396. The monoisotopic (exact) mass is 230 g/mol. The zero-order valence-electron chi connectivity index (χ0n) is 10.6. The summed E-state index contributed by atoms with van der Waals surface area (Å²) in [5, 5.41) is 2.50. The van der Waals surface area contributed by atoms with Crippen LogP contribution < -0.4 is 5.32 Å². The summed E-state index contributed by atoms with van der Waals surface area (Å²) in [6.45, 7) is 6.42. The van der Waals surface area contributed by atoms with Crippen molar-refractivity contribution in [3.05, 3.63) is 0 Å². The van der Waals surface area contributed by atoms with Crippen molar-refractivity contribution in [3.63, 3.8) is 0 Å². The molecule has 0 rings (SSSR count). The summed E-state index contributed by atoms with van der Waals surface area (Å²) in [7, 11) is 1.56. The maximum atomic E-state index is 11.7. The summed E-state index contributed by atoms with van der Waals surface area (Å²) >= 11 is 0. The first-order chi connectivity index (χ1) is 7.51. The van der Waals surface area contributed by atoms with E-state index in [0.717, 1.165) is 6.42 Å². The van der Waals surface area contributed by atoms with E-state index in [-0.39, 0.29) is 31.1 Å². The van der Waals surface area contributed by atoms with Crippen LogP contribution in [0.5, 0.6) is 0 Å². The number of nitrogens with zero attached hydrogens (tertiary/aromatic N) is 1. The van der Waals surface area contributed by atoms with Gasteiger partial charge >= 0.3 is 0 Å². The number of amides is 2. The van der Waals surface area contributed by atoms with Crippen molar-refractivity contribution in [1.29, 1.82) is 0 Å². The Hall–Kier alpha value is -1.10. The molecule has 0 aliphatic heterocycles. The van der Waals surface area contributed by atoms with Gasteiger partial charge in [0.1, 0.15) is 6.61 Å². The molecule has 0 aromatic heterocycles. The molecule has 0 spiro atoms. The summed E-state index contributed by atoms with van der Waals surface area (Å²) < 4.78 is 5.22. The molecule has 0 radical (unpaired) electrons. The van der Waals surface area contributed by atoms with E-state index in [4.69, 9.17) is 4.74 Å². The van der Waals surface area contributed by atoms with Crippen LogP contribution in [0, 0.1) is 0 Å². The molecular formula is C11H22N2O3. The molecule has 0 aliphatic rings. The standard InChI is InChI=1S/C11H22N2O3/c1-5-6-13(7-10(14)12-4)11(15)8-16-9(2)3/h9H,5-8H2,1-4H3,(H,12,14). The molecule has 0 saturated heterocycles. The van der Waals surface area contributed by atoms with E-state index in [1.165, 1.54) is 4.90 Å². The van der Waals surface area contributed by atoms with Crippen molar-refractivity contribution in [2.75, 3.05) is 26.7 Å². The lowest BCUT2D eigenvalue weighted by Gasteiger charge is -2.21. The molecule has 0 heterocycles. The molecule has 0 aliphatic carbocycles. The molecule has 0 fully saturated rings. The van der Waals surface area contributed by atoms with E-state index in [1.807, 2.05) is 20.8 Å². The highest BCUT2D eigenvalue weighted by Gasteiger charge is 2.15. The Morgan fingerprint density at radius 2 is 2.00 bits per heavy atom. The highest BCUT2D eigenvalue weighted by Crippen LogP contribution is 1.96. The lowest BCUT2D eigenvalue weighted by Crippen LogP contribution is -2.42. The second kappa shape index (κ2) is 8.10. The Balaban J connectivity index is 4.17. The molecular weight excluding hydrogens is 208 g/mol. The number of rotatable bonds is 7. The van der Waals surface area contributed by atoms with Gasteiger partial charge in [0.05, 0.1) is 12.6 Å². The fourth-order valence-electron chi connectivity index (χ4n) is 1.14. The third-order valence-corrected chi connectivity index (χ3v) is 2.00. The molecule has 0 atom stereocenters. The van der Waals surface area contributed by atoms with Gasteiger partial charge in [0.2, 0.25) is 11.8 Å². The number of carbonyl (C=O) groups excluding carboxylic acids is 2. The number of likely N-dealkylation sites (N-methyl/N-ethyl adjacent to an activating group) is 1. The summed E-state index contributed by atoms with van der Waals surface area (Å²) in [5.41, 5.74) is 0. The number of nitrogens with one attached hydrogen (secondary N) is 1. The Kier molecular flexibility index (Phi) is 7.54. The first-order valence-corrected chi connectivity index (χ1v) is 5.61. The molecule has 5 nitrogen and oxygen atoms in total. The molecule has 0 aromatic carbocycles. The molecule has 0 aromatic rings. The molecule has 94 valence electrons. The summed E-state index contributed by atoms with van der Waals surface area (Å²) in [6, 6.07) is 0. The van der Waals surface area contributed by atoms with E-state index < -0.39 is 0 Å². The van der Waals surface area contributed by atoms with E-state index in [2.05, 4.69) is 5.32 Å². The van der Waals surface area contributed by atoms with E-state index in [9.17, 15) is 9.59 Å². The number of carbonyl (C=O) groups is 2. The summed E-state index contributed by atoms with van der Waals surface area (Å²) in [4.78, 5) is 24.4. The van der Waals surface area contributed by atoms with Crippen molar-refractivity contribution < 1.29 is 14.3 Å². The SMILES string of the molecule is CCCN(CC(=O)NC)C(=O)COC(C)C. The van der Waals surface area contributed by atoms with Gasteiger partial charge in [0.15, 0.2) is 0 Å². The van der Waals surface area contributed by atoms with Crippen molar-refractivity contribution in [3.8, 4) is 0 Å². The van der Waals surface area contributed by atoms with E-state index >= 15 is 0 Å². The van der Waals surface area contributed by atoms with Gasteiger partial charge in [-0.15, -0.1) is 0 Å². The van der Waals surface area contributed by atoms with Crippen LogP contribution in [-0.2, 0) is 14.3 Å². The van der Waals surface area contributed by atoms with E-state index in [0.29, 0.717) is 6.54 Å². The molecule has 16 heavy (non-hydrogen) atoms.